The van der Waals surface area contributed by atoms with Crippen molar-refractivity contribution in [1.82, 2.24) is 10.2 Å². The highest BCUT2D eigenvalue weighted by Crippen LogP contribution is 2.36. The third kappa shape index (κ3) is 2.68. The molecule has 2 aliphatic rings. The number of nitriles is 1. The van der Waals surface area contributed by atoms with Crippen LogP contribution in [0.15, 0.2) is 0 Å². The molecule has 0 amide bonds. The van der Waals surface area contributed by atoms with Crippen LogP contribution in [0.3, 0.4) is 0 Å². The van der Waals surface area contributed by atoms with Gasteiger partial charge in [0.05, 0.1) is 11.8 Å². The molecule has 3 unspecified atom stereocenters. The summed E-state index contributed by atoms with van der Waals surface area (Å²) in [6, 6.07) is 2.69. The van der Waals surface area contributed by atoms with E-state index >= 15 is 0 Å². The number of hydrogen-bond acceptors (Lipinski definition) is 5. The monoisotopic (exact) mass is 300 g/mol. The Morgan fingerprint density at radius 2 is 2.09 bits per heavy atom. The van der Waals surface area contributed by atoms with Crippen LogP contribution < -0.4 is 5.32 Å². The number of ether oxygens (including phenoxy) is 1. The molecule has 22 heavy (non-hydrogen) atoms. The maximum atomic E-state index is 9.58. The average molecular weight is 300 g/mol. The summed E-state index contributed by atoms with van der Waals surface area (Å²) in [5.41, 5.74) is 2.66. The number of rotatable bonds is 4. The Bertz CT molecular complexity index is 581. The predicted molar refractivity (Wildman–Crippen MR) is 84.6 cm³/mol. The first-order chi connectivity index (χ1) is 10.8. The Hall–Kier alpha value is -1.67. The van der Waals surface area contributed by atoms with E-state index in [1.165, 1.54) is 6.42 Å². The molecule has 2 heterocycles. The van der Waals surface area contributed by atoms with Gasteiger partial charge in [-0.2, -0.15) is 10.4 Å². The lowest BCUT2D eigenvalue weighted by Crippen LogP contribution is -2.38. The van der Waals surface area contributed by atoms with Crippen molar-refractivity contribution in [2.75, 3.05) is 11.9 Å². The van der Waals surface area contributed by atoms with Crippen molar-refractivity contribution in [2.45, 2.75) is 64.5 Å². The van der Waals surface area contributed by atoms with E-state index in [0.29, 0.717) is 29.4 Å². The van der Waals surface area contributed by atoms with Crippen molar-refractivity contribution >= 4 is 5.82 Å². The van der Waals surface area contributed by atoms with Crippen molar-refractivity contribution in [3.63, 3.8) is 0 Å². The first-order valence-electron chi connectivity index (χ1n) is 8.45. The van der Waals surface area contributed by atoms with Crippen molar-refractivity contribution in [3.05, 3.63) is 16.8 Å². The highest BCUT2D eigenvalue weighted by Gasteiger charge is 2.38. The van der Waals surface area contributed by atoms with E-state index in [1.54, 1.807) is 0 Å². The van der Waals surface area contributed by atoms with Gasteiger partial charge < -0.3 is 10.1 Å². The Kier molecular flexibility index (Phi) is 4.58. The molecule has 1 aliphatic heterocycles. The Morgan fingerprint density at radius 1 is 1.23 bits per heavy atom. The fourth-order valence-corrected chi connectivity index (χ4v) is 3.92. The van der Waals surface area contributed by atoms with E-state index in [-0.39, 0.29) is 0 Å². The number of nitrogens with one attached hydrogen (secondary N) is 1. The number of anilines is 1. The van der Waals surface area contributed by atoms with Crippen molar-refractivity contribution in [2.24, 2.45) is 5.92 Å². The van der Waals surface area contributed by atoms with Gasteiger partial charge in [-0.05, 0) is 44.1 Å². The van der Waals surface area contributed by atoms with Gasteiger partial charge in [-0.25, -0.2) is 0 Å². The van der Waals surface area contributed by atoms with Crippen LogP contribution in [0.1, 0.15) is 56.4 Å². The van der Waals surface area contributed by atoms with Crippen LogP contribution in [0.25, 0.3) is 0 Å². The van der Waals surface area contributed by atoms with Gasteiger partial charge >= 0.3 is 0 Å². The lowest BCUT2D eigenvalue weighted by molar-refractivity contribution is 0.0619. The average Bonchev–Trinajstić information content (AvgIpc) is 3.03. The van der Waals surface area contributed by atoms with Crippen LogP contribution in [-0.4, -0.2) is 29.0 Å². The van der Waals surface area contributed by atoms with E-state index in [4.69, 9.17) is 4.74 Å². The molecule has 0 aromatic carbocycles. The maximum Gasteiger partial charge on any atom is 0.167 e. The summed E-state index contributed by atoms with van der Waals surface area (Å²) in [6.45, 7) is 4.99. The van der Waals surface area contributed by atoms with Crippen LogP contribution in [0.2, 0.25) is 0 Å². The zero-order valence-corrected chi connectivity index (χ0v) is 13.4. The topological polar surface area (TPSA) is 70.8 Å². The molecule has 5 heteroatoms. The van der Waals surface area contributed by atoms with Gasteiger partial charge in [-0.15, -0.1) is 5.10 Å². The zero-order valence-electron chi connectivity index (χ0n) is 13.4. The molecule has 0 spiro atoms. The molecule has 2 fully saturated rings. The van der Waals surface area contributed by atoms with E-state index in [9.17, 15) is 5.26 Å². The second-order valence-corrected chi connectivity index (χ2v) is 6.21. The number of fused-ring (bicyclic) bond motifs is 1. The van der Waals surface area contributed by atoms with Gasteiger partial charge in [-0.1, -0.05) is 13.8 Å². The number of hydrogen-bond donors (Lipinski definition) is 1. The Labute approximate surface area is 132 Å². The highest BCUT2D eigenvalue weighted by molar-refractivity contribution is 5.57. The molecule has 1 saturated heterocycles. The third-order valence-corrected chi connectivity index (χ3v) is 5.06. The molecule has 0 radical (unpaired) electrons. The zero-order chi connectivity index (χ0) is 15.5. The molecular formula is C17H24N4O. The van der Waals surface area contributed by atoms with E-state index < -0.39 is 0 Å². The van der Waals surface area contributed by atoms with Crippen LogP contribution in [0, 0.1) is 17.2 Å². The predicted octanol–water partition coefficient (Wildman–Crippen LogP) is 2.84. The van der Waals surface area contributed by atoms with Gasteiger partial charge in [0, 0.05) is 18.6 Å². The van der Waals surface area contributed by atoms with Crippen molar-refractivity contribution in [1.29, 1.82) is 5.26 Å². The summed E-state index contributed by atoms with van der Waals surface area (Å²) in [6.07, 6.45) is 6.56. The minimum absolute atomic E-state index is 0.347. The van der Waals surface area contributed by atoms with Crippen molar-refractivity contribution < 1.29 is 4.74 Å². The molecule has 5 nitrogen and oxygen atoms in total. The summed E-state index contributed by atoms with van der Waals surface area (Å²) < 4.78 is 5.82. The van der Waals surface area contributed by atoms with E-state index in [0.717, 1.165) is 50.0 Å². The summed E-state index contributed by atoms with van der Waals surface area (Å²) in [5, 5.41) is 21.8. The van der Waals surface area contributed by atoms with Gasteiger partial charge in [0.1, 0.15) is 11.6 Å². The van der Waals surface area contributed by atoms with Gasteiger partial charge in [0.15, 0.2) is 5.82 Å². The first kappa shape index (κ1) is 15.2. The molecule has 3 atom stereocenters. The maximum absolute atomic E-state index is 9.58. The van der Waals surface area contributed by atoms with E-state index in [2.05, 4.69) is 35.4 Å². The summed E-state index contributed by atoms with van der Waals surface area (Å²) in [5.74, 6) is 1.20. The fraction of sp³-hybridized carbons (Fsp3) is 0.706. The molecule has 3 rings (SSSR count). The highest BCUT2D eigenvalue weighted by atomic mass is 16.5. The van der Waals surface area contributed by atoms with Gasteiger partial charge in [0.2, 0.25) is 0 Å². The third-order valence-electron chi connectivity index (χ3n) is 5.06. The largest absolute Gasteiger partial charge is 0.378 e. The first-order valence-corrected chi connectivity index (χ1v) is 8.45. The SMILES string of the molecule is CCc1nnc(NC2CCCC3OCCC23)c(C#N)c1CC. The summed E-state index contributed by atoms with van der Waals surface area (Å²) in [4.78, 5) is 0. The molecule has 1 saturated carbocycles. The lowest BCUT2D eigenvalue weighted by atomic mass is 9.81. The van der Waals surface area contributed by atoms with Crippen LogP contribution in [0.4, 0.5) is 5.82 Å². The van der Waals surface area contributed by atoms with Crippen LogP contribution in [-0.2, 0) is 17.6 Å². The molecule has 118 valence electrons. The molecule has 1 aromatic rings. The standard InChI is InChI=1S/C17H24N4O/c1-3-11-13(10-18)17(21-20-14(11)4-2)19-15-6-5-7-16-12(15)8-9-22-16/h12,15-16H,3-9H2,1-2H3,(H,19,21). The van der Waals surface area contributed by atoms with Crippen molar-refractivity contribution in [3.8, 4) is 6.07 Å². The lowest BCUT2D eigenvalue weighted by Gasteiger charge is -2.33. The molecule has 1 aromatic heterocycles. The molecule has 1 aliphatic carbocycles. The quantitative estimate of drug-likeness (QED) is 0.925. The summed E-state index contributed by atoms with van der Waals surface area (Å²) in [7, 11) is 0. The second kappa shape index (κ2) is 6.62. The summed E-state index contributed by atoms with van der Waals surface area (Å²) >= 11 is 0. The number of nitrogens with zero attached hydrogens (tertiary/aromatic N) is 3. The number of aryl methyl sites for hydroxylation is 1. The Morgan fingerprint density at radius 3 is 2.82 bits per heavy atom. The van der Waals surface area contributed by atoms with Crippen LogP contribution in [0.5, 0.6) is 0 Å². The fourth-order valence-electron chi connectivity index (χ4n) is 3.92. The Balaban J connectivity index is 1.87. The minimum Gasteiger partial charge on any atom is -0.378 e. The molecular weight excluding hydrogens is 276 g/mol. The number of aromatic nitrogens is 2. The van der Waals surface area contributed by atoms with E-state index in [1.807, 2.05) is 0 Å². The minimum atomic E-state index is 0.347. The van der Waals surface area contributed by atoms with Gasteiger partial charge in [0.25, 0.3) is 0 Å². The smallest absolute Gasteiger partial charge is 0.167 e. The van der Waals surface area contributed by atoms with Crippen LogP contribution >= 0.6 is 0 Å². The van der Waals surface area contributed by atoms with Gasteiger partial charge in [-0.3, -0.25) is 0 Å². The molecule has 0 bridgehead atoms. The normalized spacial score (nSPS) is 27.2. The molecule has 1 N–H and O–H groups in total. The second-order valence-electron chi connectivity index (χ2n) is 6.21.